The van der Waals surface area contributed by atoms with Crippen molar-refractivity contribution >= 4 is 27.3 Å². The lowest BCUT2D eigenvalue weighted by Crippen LogP contribution is -2.15. The molecular formula is C14H14BrF3OS. The molecule has 2 rings (SSSR count). The van der Waals surface area contributed by atoms with Crippen molar-refractivity contribution in [1.29, 1.82) is 0 Å². The molecule has 0 spiro atoms. The van der Waals surface area contributed by atoms with E-state index in [0.717, 1.165) is 25.9 Å². The quantitative estimate of drug-likeness (QED) is 0.745. The average molecular weight is 367 g/mol. The largest absolute Gasteiger partial charge is 0.412 e. The first kappa shape index (κ1) is 15.8. The highest BCUT2D eigenvalue weighted by Gasteiger charge is 2.34. The first-order valence-electron chi connectivity index (χ1n) is 6.12. The van der Waals surface area contributed by atoms with Gasteiger partial charge in [0.1, 0.15) is 6.10 Å². The maximum Gasteiger partial charge on any atom is 0.412 e. The summed E-state index contributed by atoms with van der Waals surface area (Å²) >= 11 is 5.00. The Morgan fingerprint density at radius 3 is 2.25 bits per heavy atom. The van der Waals surface area contributed by atoms with Gasteiger partial charge in [-0.05, 0) is 48.2 Å². The van der Waals surface area contributed by atoms with Crippen LogP contribution in [0.25, 0.3) is 0 Å². The minimum atomic E-state index is -4.28. The van der Waals surface area contributed by atoms with Crippen LogP contribution in [0, 0.1) is 13.8 Å². The van der Waals surface area contributed by atoms with Crippen LogP contribution >= 0.6 is 27.3 Å². The Morgan fingerprint density at radius 2 is 1.85 bits per heavy atom. The van der Waals surface area contributed by atoms with Gasteiger partial charge < -0.3 is 5.11 Å². The minimum absolute atomic E-state index is 0.0772. The lowest BCUT2D eigenvalue weighted by molar-refractivity contribution is -0.0942. The number of aryl methyl sites for hydroxylation is 2. The van der Waals surface area contributed by atoms with Crippen LogP contribution < -0.4 is 0 Å². The molecule has 0 fully saturated rings. The second kappa shape index (κ2) is 5.66. The first-order chi connectivity index (χ1) is 9.21. The zero-order valence-corrected chi connectivity index (χ0v) is 13.4. The third-order valence-electron chi connectivity index (χ3n) is 3.40. The first-order valence-corrected chi connectivity index (χ1v) is 7.73. The number of alkyl halides is 3. The van der Waals surface area contributed by atoms with Gasteiger partial charge >= 0.3 is 6.18 Å². The van der Waals surface area contributed by atoms with Crippen molar-refractivity contribution < 1.29 is 18.3 Å². The SMILES string of the molecule is Cc1sc(C)c(C(O)C2=CC=C(C(F)(F)F)CC2)c1Br. The molecule has 0 saturated heterocycles. The van der Waals surface area contributed by atoms with Crippen LogP contribution in [0.1, 0.15) is 34.3 Å². The normalized spacial score (nSPS) is 17.8. The molecule has 0 bridgehead atoms. The Labute approximate surface area is 127 Å². The molecule has 1 aromatic heterocycles. The maximum absolute atomic E-state index is 12.6. The molecule has 0 aromatic carbocycles. The van der Waals surface area contributed by atoms with Gasteiger partial charge in [0.2, 0.25) is 0 Å². The third kappa shape index (κ3) is 3.02. The van der Waals surface area contributed by atoms with Crippen molar-refractivity contribution in [1.82, 2.24) is 0 Å². The van der Waals surface area contributed by atoms with Crippen LogP contribution in [0.3, 0.4) is 0 Å². The van der Waals surface area contributed by atoms with Gasteiger partial charge in [-0.25, -0.2) is 0 Å². The standard InChI is InChI=1S/C14H14BrF3OS/c1-7-11(12(15)8(2)20-7)13(19)9-3-5-10(6-4-9)14(16,17)18/h3,5,13,19H,4,6H2,1-2H3. The third-order valence-corrected chi connectivity index (χ3v) is 5.72. The van der Waals surface area contributed by atoms with Crippen molar-refractivity contribution in [3.8, 4) is 0 Å². The van der Waals surface area contributed by atoms with E-state index in [1.165, 1.54) is 6.08 Å². The van der Waals surface area contributed by atoms with Gasteiger partial charge in [-0.1, -0.05) is 12.2 Å². The lowest BCUT2D eigenvalue weighted by Gasteiger charge is -2.21. The minimum Gasteiger partial charge on any atom is -0.384 e. The second-order valence-corrected chi connectivity index (χ2v) is 7.00. The van der Waals surface area contributed by atoms with Crippen molar-refractivity contribution in [2.24, 2.45) is 0 Å². The number of aliphatic hydroxyl groups is 1. The summed E-state index contributed by atoms with van der Waals surface area (Å²) in [5, 5.41) is 10.4. The van der Waals surface area contributed by atoms with E-state index in [9.17, 15) is 18.3 Å². The van der Waals surface area contributed by atoms with Crippen molar-refractivity contribution in [3.63, 3.8) is 0 Å². The van der Waals surface area contributed by atoms with Crippen molar-refractivity contribution in [2.45, 2.75) is 39.0 Å². The predicted octanol–water partition coefficient (Wildman–Crippen LogP) is 5.37. The fourth-order valence-corrected chi connectivity index (χ4v) is 4.16. The van der Waals surface area contributed by atoms with E-state index < -0.39 is 17.9 Å². The molecule has 110 valence electrons. The molecule has 20 heavy (non-hydrogen) atoms. The second-order valence-electron chi connectivity index (χ2n) is 4.78. The summed E-state index contributed by atoms with van der Waals surface area (Å²) in [6, 6.07) is 0. The molecule has 1 atom stereocenters. The van der Waals surface area contributed by atoms with E-state index in [4.69, 9.17) is 0 Å². The Hall–Kier alpha value is -0.590. The monoisotopic (exact) mass is 366 g/mol. The predicted molar refractivity (Wildman–Crippen MR) is 77.9 cm³/mol. The number of aliphatic hydroxyl groups excluding tert-OH is 1. The summed E-state index contributed by atoms with van der Waals surface area (Å²) in [6.07, 6.45) is -2.50. The van der Waals surface area contributed by atoms with Gasteiger partial charge in [-0.15, -0.1) is 11.3 Å². The highest BCUT2D eigenvalue weighted by molar-refractivity contribution is 9.10. The molecule has 1 unspecified atom stereocenters. The van der Waals surface area contributed by atoms with Gasteiger partial charge in [0.15, 0.2) is 0 Å². The Morgan fingerprint density at radius 1 is 1.20 bits per heavy atom. The lowest BCUT2D eigenvalue weighted by atomic mass is 9.91. The fourth-order valence-electron chi connectivity index (χ4n) is 2.29. The van der Waals surface area contributed by atoms with E-state index in [2.05, 4.69) is 15.9 Å². The molecular weight excluding hydrogens is 353 g/mol. The maximum atomic E-state index is 12.6. The van der Waals surface area contributed by atoms with Gasteiger partial charge in [0.25, 0.3) is 0 Å². The topological polar surface area (TPSA) is 20.2 Å². The summed E-state index contributed by atoms with van der Waals surface area (Å²) in [4.78, 5) is 2.04. The summed E-state index contributed by atoms with van der Waals surface area (Å²) < 4.78 is 38.5. The van der Waals surface area contributed by atoms with E-state index in [1.54, 1.807) is 11.3 Å². The van der Waals surface area contributed by atoms with Crippen molar-refractivity contribution in [3.05, 3.63) is 43.1 Å². The molecule has 0 amide bonds. The number of hydrogen-bond acceptors (Lipinski definition) is 2. The molecule has 0 saturated carbocycles. The van der Waals surface area contributed by atoms with Crippen molar-refractivity contribution in [2.75, 3.05) is 0 Å². The summed E-state index contributed by atoms with van der Waals surface area (Å²) in [5.41, 5.74) is 0.855. The molecule has 1 aliphatic rings. The zero-order chi connectivity index (χ0) is 15.1. The highest BCUT2D eigenvalue weighted by atomic mass is 79.9. The number of allylic oxidation sites excluding steroid dienone is 3. The van der Waals surface area contributed by atoms with Gasteiger partial charge in [-0.2, -0.15) is 13.2 Å². The Kier molecular flexibility index (Phi) is 4.47. The number of hydrogen-bond donors (Lipinski definition) is 1. The molecule has 1 aromatic rings. The molecule has 6 heteroatoms. The van der Waals surface area contributed by atoms with Crippen LogP contribution in [0.15, 0.2) is 27.8 Å². The molecule has 1 aliphatic carbocycles. The Bertz CT molecular complexity index is 584. The van der Waals surface area contributed by atoms with Gasteiger partial charge in [-0.3, -0.25) is 0 Å². The van der Waals surface area contributed by atoms with Crippen LogP contribution in [-0.4, -0.2) is 11.3 Å². The number of thiophene rings is 1. The van der Waals surface area contributed by atoms with Crippen LogP contribution in [0.4, 0.5) is 13.2 Å². The summed E-state index contributed by atoms with van der Waals surface area (Å²) in [6.45, 7) is 3.84. The smallest absolute Gasteiger partial charge is 0.384 e. The van der Waals surface area contributed by atoms with E-state index in [-0.39, 0.29) is 12.8 Å². The van der Waals surface area contributed by atoms with E-state index in [0.29, 0.717) is 5.57 Å². The molecule has 0 radical (unpaired) electrons. The molecule has 1 N–H and O–H groups in total. The van der Waals surface area contributed by atoms with Gasteiger partial charge in [0.05, 0.1) is 0 Å². The van der Waals surface area contributed by atoms with Crippen LogP contribution in [0.5, 0.6) is 0 Å². The number of rotatable bonds is 2. The van der Waals surface area contributed by atoms with Crippen LogP contribution in [0.2, 0.25) is 0 Å². The Balaban J connectivity index is 2.30. The van der Waals surface area contributed by atoms with Crippen LogP contribution in [-0.2, 0) is 0 Å². The van der Waals surface area contributed by atoms with Gasteiger partial charge in [0, 0.05) is 25.4 Å². The average Bonchev–Trinajstić information content (AvgIpc) is 2.62. The zero-order valence-electron chi connectivity index (χ0n) is 11.0. The molecule has 0 aliphatic heterocycles. The van der Waals surface area contributed by atoms with E-state index in [1.807, 2.05) is 13.8 Å². The molecule has 1 nitrogen and oxygen atoms in total. The highest BCUT2D eigenvalue weighted by Crippen LogP contribution is 2.42. The van der Waals surface area contributed by atoms with E-state index >= 15 is 0 Å². The summed E-state index contributed by atoms with van der Waals surface area (Å²) in [7, 11) is 0. The molecule has 1 heterocycles. The summed E-state index contributed by atoms with van der Waals surface area (Å²) in [5.74, 6) is 0. The fraction of sp³-hybridized carbons (Fsp3) is 0.429. The number of halogens is 4.